The number of aryl methyl sites for hydroxylation is 1. The predicted octanol–water partition coefficient (Wildman–Crippen LogP) is 3.08. The van der Waals surface area contributed by atoms with E-state index in [0.29, 0.717) is 40.3 Å². The van der Waals surface area contributed by atoms with Crippen molar-refractivity contribution < 1.29 is 4.39 Å². The third kappa shape index (κ3) is 3.81. The van der Waals surface area contributed by atoms with Crippen LogP contribution in [0.1, 0.15) is 24.1 Å². The van der Waals surface area contributed by atoms with Gasteiger partial charge in [0.2, 0.25) is 0 Å². The molecule has 0 spiro atoms. The van der Waals surface area contributed by atoms with E-state index in [4.69, 9.17) is 5.73 Å². The first kappa shape index (κ1) is 19.1. The lowest BCUT2D eigenvalue weighted by Crippen LogP contribution is -2.15. The molecule has 1 aliphatic rings. The molecule has 9 heteroatoms. The van der Waals surface area contributed by atoms with Gasteiger partial charge in [-0.25, -0.2) is 19.0 Å². The minimum Gasteiger partial charge on any atom is -0.383 e. The normalized spacial score (nSPS) is 14.2. The Morgan fingerprint density at radius 2 is 2.03 bits per heavy atom. The molecule has 1 saturated carbocycles. The number of imidazole rings is 1. The first-order valence-corrected chi connectivity index (χ1v) is 10.1. The van der Waals surface area contributed by atoms with Gasteiger partial charge in [-0.1, -0.05) is 17.3 Å². The van der Waals surface area contributed by atoms with E-state index in [0.717, 1.165) is 12.1 Å². The maximum Gasteiger partial charge on any atom is 0.148 e. The average Bonchev–Trinajstić information content (AvgIpc) is 3.36. The molecule has 0 amide bonds. The molecule has 0 unspecified atom stereocenters. The summed E-state index contributed by atoms with van der Waals surface area (Å²) in [6, 6.07) is 10.2. The van der Waals surface area contributed by atoms with Gasteiger partial charge in [0, 0.05) is 24.5 Å². The van der Waals surface area contributed by atoms with Crippen LogP contribution in [-0.2, 0) is 0 Å². The van der Waals surface area contributed by atoms with Crippen molar-refractivity contribution in [3.8, 4) is 22.9 Å². The fourth-order valence-corrected chi connectivity index (χ4v) is 3.32. The van der Waals surface area contributed by atoms with E-state index in [2.05, 4.69) is 25.3 Å². The highest BCUT2D eigenvalue weighted by Crippen LogP contribution is 2.29. The molecule has 0 radical (unpaired) electrons. The van der Waals surface area contributed by atoms with Gasteiger partial charge >= 0.3 is 0 Å². The van der Waals surface area contributed by atoms with Crippen LogP contribution in [0.15, 0.2) is 60.1 Å². The molecule has 3 aromatic heterocycles. The topological polar surface area (TPSA) is 99.8 Å². The number of aromatic nitrogens is 6. The number of benzene rings is 1. The lowest BCUT2D eigenvalue weighted by molar-refractivity contribution is 0.608. The molecular formula is C22H21FN8. The SMILES string of the molecule is Cc1nnn(-c2ccccc2F)c1-c1cn(-c2ccc(C(N)=NCC3CC3)cn2)cn1. The van der Waals surface area contributed by atoms with Crippen LogP contribution in [-0.4, -0.2) is 41.9 Å². The van der Waals surface area contributed by atoms with Crippen LogP contribution in [0.3, 0.4) is 0 Å². The molecule has 1 aliphatic carbocycles. The minimum atomic E-state index is -0.383. The van der Waals surface area contributed by atoms with Crippen molar-refractivity contribution in [3.05, 3.63) is 72.2 Å². The molecule has 156 valence electrons. The van der Waals surface area contributed by atoms with Crippen LogP contribution < -0.4 is 5.73 Å². The summed E-state index contributed by atoms with van der Waals surface area (Å²) in [7, 11) is 0. The Bertz CT molecular complexity index is 1250. The Hall–Kier alpha value is -3.88. The molecule has 8 nitrogen and oxygen atoms in total. The van der Waals surface area contributed by atoms with Gasteiger partial charge in [-0.15, -0.1) is 5.10 Å². The molecule has 0 aliphatic heterocycles. The molecule has 5 rings (SSSR count). The second-order valence-corrected chi connectivity index (χ2v) is 7.63. The fourth-order valence-electron chi connectivity index (χ4n) is 3.32. The molecule has 31 heavy (non-hydrogen) atoms. The maximum absolute atomic E-state index is 14.3. The number of hydrogen-bond donors (Lipinski definition) is 1. The zero-order valence-electron chi connectivity index (χ0n) is 17.0. The molecule has 4 aromatic rings. The Morgan fingerprint density at radius 3 is 2.77 bits per heavy atom. The van der Waals surface area contributed by atoms with Crippen molar-refractivity contribution in [1.29, 1.82) is 0 Å². The van der Waals surface area contributed by atoms with Gasteiger partial charge in [0.1, 0.15) is 40.9 Å². The second-order valence-electron chi connectivity index (χ2n) is 7.63. The third-order valence-corrected chi connectivity index (χ3v) is 5.27. The second kappa shape index (κ2) is 7.75. The summed E-state index contributed by atoms with van der Waals surface area (Å²) >= 11 is 0. The smallest absolute Gasteiger partial charge is 0.148 e. The number of pyridine rings is 1. The van der Waals surface area contributed by atoms with Gasteiger partial charge in [-0.2, -0.15) is 0 Å². The Labute approximate surface area is 178 Å². The highest BCUT2D eigenvalue weighted by molar-refractivity contribution is 5.97. The number of halogens is 1. The molecule has 3 heterocycles. The van der Waals surface area contributed by atoms with E-state index in [1.54, 1.807) is 35.3 Å². The van der Waals surface area contributed by atoms with E-state index in [-0.39, 0.29) is 5.82 Å². The van der Waals surface area contributed by atoms with Crippen LogP contribution in [0, 0.1) is 18.7 Å². The summed E-state index contributed by atoms with van der Waals surface area (Å²) in [5, 5.41) is 8.22. The number of rotatable bonds is 6. The fraction of sp³-hybridized carbons (Fsp3) is 0.227. The lowest BCUT2D eigenvalue weighted by atomic mass is 10.2. The maximum atomic E-state index is 14.3. The Kier molecular flexibility index (Phi) is 4.78. The van der Waals surface area contributed by atoms with Crippen LogP contribution in [0.2, 0.25) is 0 Å². The van der Waals surface area contributed by atoms with Gasteiger partial charge in [-0.3, -0.25) is 9.56 Å². The van der Waals surface area contributed by atoms with Crippen molar-refractivity contribution in [2.24, 2.45) is 16.6 Å². The number of para-hydroxylation sites is 1. The van der Waals surface area contributed by atoms with Crippen LogP contribution in [0.25, 0.3) is 22.9 Å². The predicted molar refractivity (Wildman–Crippen MR) is 115 cm³/mol. The van der Waals surface area contributed by atoms with Crippen molar-refractivity contribution in [2.75, 3.05) is 6.54 Å². The Morgan fingerprint density at radius 1 is 1.19 bits per heavy atom. The minimum absolute atomic E-state index is 0.316. The van der Waals surface area contributed by atoms with Gasteiger partial charge in [-0.05, 0) is 49.9 Å². The van der Waals surface area contributed by atoms with E-state index in [1.807, 2.05) is 25.3 Å². The zero-order chi connectivity index (χ0) is 21.4. The molecule has 0 saturated heterocycles. The van der Waals surface area contributed by atoms with E-state index in [1.165, 1.54) is 23.6 Å². The molecule has 0 bridgehead atoms. The number of amidine groups is 1. The molecule has 2 N–H and O–H groups in total. The number of nitrogens with two attached hydrogens (primary N) is 1. The standard InChI is InChI=1S/C22H21FN8/c1-14-21(31(29-28-14)19-5-3-2-4-17(19)23)18-12-30(13-27-18)20-9-8-16(11-25-20)22(24)26-10-15-6-7-15/h2-5,8-9,11-13,15H,6-7,10H2,1H3,(H2,24,26). The van der Waals surface area contributed by atoms with Crippen molar-refractivity contribution in [2.45, 2.75) is 19.8 Å². The summed E-state index contributed by atoms with van der Waals surface area (Å²) in [4.78, 5) is 13.4. The number of hydrogen-bond acceptors (Lipinski definition) is 5. The van der Waals surface area contributed by atoms with Crippen molar-refractivity contribution in [1.82, 2.24) is 29.5 Å². The summed E-state index contributed by atoms with van der Waals surface area (Å²) in [6.07, 6.45) is 7.65. The van der Waals surface area contributed by atoms with Gasteiger partial charge < -0.3 is 5.73 Å². The van der Waals surface area contributed by atoms with Gasteiger partial charge in [0.15, 0.2) is 0 Å². The first-order chi connectivity index (χ1) is 15.1. The quantitative estimate of drug-likeness (QED) is 0.385. The van der Waals surface area contributed by atoms with E-state index in [9.17, 15) is 4.39 Å². The molecular weight excluding hydrogens is 395 g/mol. The molecule has 0 atom stereocenters. The van der Waals surface area contributed by atoms with E-state index < -0.39 is 0 Å². The van der Waals surface area contributed by atoms with Crippen LogP contribution >= 0.6 is 0 Å². The Balaban J connectivity index is 1.43. The van der Waals surface area contributed by atoms with Crippen molar-refractivity contribution >= 4 is 5.84 Å². The van der Waals surface area contributed by atoms with Crippen LogP contribution in [0.5, 0.6) is 0 Å². The first-order valence-electron chi connectivity index (χ1n) is 10.1. The summed E-state index contributed by atoms with van der Waals surface area (Å²) in [5.41, 5.74) is 9.07. The largest absolute Gasteiger partial charge is 0.383 e. The highest BCUT2D eigenvalue weighted by Gasteiger charge is 2.21. The lowest BCUT2D eigenvalue weighted by Gasteiger charge is -2.06. The summed E-state index contributed by atoms with van der Waals surface area (Å²) in [5.74, 6) is 1.49. The molecule has 1 aromatic carbocycles. The number of nitrogens with zero attached hydrogens (tertiary/aromatic N) is 7. The third-order valence-electron chi connectivity index (χ3n) is 5.27. The summed E-state index contributed by atoms with van der Waals surface area (Å²) < 4.78 is 17.6. The number of aliphatic imine (C=N–C) groups is 1. The molecule has 1 fully saturated rings. The summed E-state index contributed by atoms with van der Waals surface area (Å²) in [6.45, 7) is 2.59. The average molecular weight is 416 g/mol. The zero-order valence-corrected chi connectivity index (χ0v) is 17.0. The van der Waals surface area contributed by atoms with Crippen molar-refractivity contribution in [3.63, 3.8) is 0 Å². The van der Waals surface area contributed by atoms with Gasteiger partial charge in [0.05, 0.1) is 5.69 Å². The highest BCUT2D eigenvalue weighted by atomic mass is 19.1. The van der Waals surface area contributed by atoms with E-state index >= 15 is 0 Å². The van der Waals surface area contributed by atoms with Gasteiger partial charge in [0.25, 0.3) is 0 Å². The monoisotopic (exact) mass is 416 g/mol. The van der Waals surface area contributed by atoms with Crippen LogP contribution in [0.4, 0.5) is 4.39 Å².